The van der Waals surface area contributed by atoms with Gasteiger partial charge in [-0.15, -0.1) is 0 Å². The van der Waals surface area contributed by atoms with Crippen LogP contribution in [0, 0.1) is 6.92 Å². The van der Waals surface area contributed by atoms with Gasteiger partial charge in [-0.05, 0) is 31.9 Å². The summed E-state index contributed by atoms with van der Waals surface area (Å²) in [6.45, 7) is 3.93. The van der Waals surface area contributed by atoms with Gasteiger partial charge < -0.3 is 10.3 Å². The van der Waals surface area contributed by atoms with Crippen molar-refractivity contribution in [3.05, 3.63) is 53.6 Å². The smallest absolute Gasteiger partial charge is 0.0925 e. The number of aromatic nitrogens is 2. The summed E-state index contributed by atoms with van der Waals surface area (Å²) in [5, 5.41) is 3.42. The van der Waals surface area contributed by atoms with Gasteiger partial charge in [-0.25, -0.2) is 4.98 Å². The van der Waals surface area contributed by atoms with E-state index in [-0.39, 0.29) is 0 Å². The van der Waals surface area contributed by atoms with Crippen molar-refractivity contribution in [2.45, 2.75) is 26.3 Å². The maximum atomic E-state index is 4.25. The van der Waals surface area contributed by atoms with Crippen LogP contribution in [0.2, 0.25) is 0 Å². The van der Waals surface area contributed by atoms with Gasteiger partial charge in [0.15, 0.2) is 0 Å². The van der Waals surface area contributed by atoms with Crippen LogP contribution in [-0.4, -0.2) is 16.5 Å². The molecule has 2 N–H and O–H groups in total. The van der Waals surface area contributed by atoms with Crippen molar-refractivity contribution < 1.29 is 0 Å². The first kappa shape index (κ1) is 11.9. The lowest BCUT2D eigenvalue weighted by Crippen LogP contribution is -2.16. The molecule has 0 saturated carbocycles. The van der Waals surface area contributed by atoms with Crippen LogP contribution >= 0.6 is 0 Å². The van der Waals surface area contributed by atoms with E-state index >= 15 is 0 Å². The number of nitrogens with one attached hydrogen (secondary N) is 2. The van der Waals surface area contributed by atoms with Crippen molar-refractivity contribution in [2.75, 3.05) is 6.54 Å². The molecular weight excluding hydrogens is 210 g/mol. The van der Waals surface area contributed by atoms with Crippen LogP contribution in [0.25, 0.3) is 0 Å². The van der Waals surface area contributed by atoms with Gasteiger partial charge in [-0.3, -0.25) is 0 Å². The summed E-state index contributed by atoms with van der Waals surface area (Å²) in [4.78, 5) is 7.34. The lowest BCUT2D eigenvalue weighted by atomic mass is 10.1. The maximum absolute atomic E-state index is 4.25. The highest BCUT2D eigenvalue weighted by Crippen LogP contribution is 2.02. The molecule has 0 saturated heterocycles. The summed E-state index contributed by atoms with van der Waals surface area (Å²) in [6.07, 6.45) is 4.04. The summed E-state index contributed by atoms with van der Waals surface area (Å²) in [6, 6.07) is 10.6. The summed E-state index contributed by atoms with van der Waals surface area (Å²) in [5.74, 6) is 0. The van der Waals surface area contributed by atoms with Gasteiger partial charge in [0.1, 0.15) is 0 Å². The van der Waals surface area contributed by atoms with Crippen molar-refractivity contribution in [1.29, 1.82) is 0 Å². The Morgan fingerprint density at radius 1 is 1.24 bits per heavy atom. The second kappa shape index (κ2) is 6.21. The zero-order valence-corrected chi connectivity index (χ0v) is 10.2. The summed E-state index contributed by atoms with van der Waals surface area (Å²) < 4.78 is 0. The van der Waals surface area contributed by atoms with E-state index < -0.39 is 0 Å². The minimum atomic E-state index is 0.851. The summed E-state index contributed by atoms with van der Waals surface area (Å²) >= 11 is 0. The number of nitrogens with zero attached hydrogens (tertiary/aromatic N) is 1. The fourth-order valence-corrected chi connectivity index (χ4v) is 1.83. The molecule has 0 spiro atoms. The van der Waals surface area contributed by atoms with Crippen LogP contribution in [0.1, 0.15) is 23.4 Å². The van der Waals surface area contributed by atoms with Crippen LogP contribution in [-0.2, 0) is 13.0 Å². The molecule has 0 amide bonds. The third kappa shape index (κ3) is 3.71. The average molecular weight is 229 g/mol. The zero-order chi connectivity index (χ0) is 11.9. The fourth-order valence-electron chi connectivity index (χ4n) is 1.83. The molecule has 90 valence electrons. The largest absolute Gasteiger partial charge is 0.348 e. The van der Waals surface area contributed by atoms with Crippen molar-refractivity contribution >= 4 is 0 Å². The SMILES string of the molecule is Cc1[nH]cnc1CNCCCc1ccccc1. The molecule has 0 aliphatic rings. The van der Waals surface area contributed by atoms with E-state index in [9.17, 15) is 0 Å². The first-order valence-corrected chi connectivity index (χ1v) is 6.10. The van der Waals surface area contributed by atoms with E-state index in [1.807, 2.05) is 6.92 Å². The van der Waals surface area contributed by atoms with Gasteiger partial charge in [-0.1, -0.05) is 30.3 Å². The lowest BCUT2D eigenvalue weighted by molar-refractivity contribution is 0.640. The number of hydrogen-bond acceptors (Lipinski definition) is 2. The Labute approximate surface area is 102 Å². The first-order valence-electron chi connectivity index (χ1n) is 6.10. The molecule has 3 heteroatoms. The number of hydrogen-bond donors (Lipinski definition) is 2. The van der Waals surface area contributed by atoms with Crippen molar-refractivity contribution in [3.63, 3.8) is 0 Å². The second-order valence-electron chi connectivity index (χ2n) is 4.24. The Morgan fingerprint density at radius 2 is 2.06 bits per heavy atom. The molecule has 1 aromatic carbocycles. The van der Waals surface area contributed by atoms with Crippen LogP contribution in [0.3, 0.4) is 0 Å². The Hall–Kier alpha value is -1.61. The van der Waals surface area contributed by atoms with Crippen LogP contribution in [0.5, 0.6) is 0 Å². The minimum Gasteiger partial charge on any atom is -0.348 e. The van der Waals surface area contributed by atoms with E-state index in [1.165, 1.54) is 5.56 Å². The Bertz CT molecular complexity index is 434. The predicted octanol–water partition coefficient (Wildman–Crippen LogP) is 2.44. The predicted molar refractivity (Wildman–Crippen MR) is 69.8 cm³/mol. The maximum Gasteiger partial charge on any atom is 0.0925 e. The lowest BCUT2D eigenvalue weighted by Gasteiger charge is -2.04. The molecule has 0 unspecified atom stereocenters. The van der Waals surface area contributed by atoms with Crippen molar-refractivity contribution in [1.82, 2.24) is 15.3 Å². The Balaban J connectivity index is 1.63. The Kier molecular flexibility index (Phi) is 4.33. The van der Waals surface area contributed by atoms with Crippen LogP contribution in [0.15, 0.2) is 36.7 Å². The summed E-state index contributed by atoms with van der Waals surface area (Å²) in [5.41, 5.74) is 3.68. The monoisotopic (exact) mass is 229 g/mol. The Morgan fingerprint density at radius 3 is 2.76 bits per heavy atom. The molecule has 3 nitrogen and oxygen atoms in total. The van der Waals surface area contributed by atoms with Crippen LogP contribution in [0.4, 0.5) is 0 Å². The molecule has 1 aromatic heterocycles. The second-order valence-corrected chi connectivity index (χ2v) is 4.24. The summed E-state index contributed by atoms with van der Waals surface area (Å²) in [7, 11) is 0. The van der Waals surface area contributed by atoms with Gasteiger partial charge in [0.2, 0.25) is 0 Å². The van der Waals surface area contributed by atoms with E-state index in [0.717, 1.165) is 37.3 Å². The minimum absolute atomic E-state index is 0.851. The number of H-pyrrole nitrogens is 1. The number of rotatable bonds is 6. The first-order chi connectivity index (χ1) is 8.36. The number of aromatic amines is 1. The number of benzene rings is 1. The van der Waals surface area contributed by atoms with E-state index in [0.29, 0.717) is 0 Å². The number of imidazole rings is 1. The van der Waals surface area contributed by atoms with E-state index in [1.54, 1.807) is 6.33 Å². The topological polar surface area (TPSA) is 40.7 Å². The van der Waals surface area contributed by atoms with Gasteiger partial charge in [-0.2, -0.15) is 0 Å². The highest BCUT2D eigenvalue weighted by Gasteiger charge is 1.99. The molecule has 0 aliphatic heterocycles. The standard InChI is InChI=1S/C14H19N3/c1-12-14(17-11-16-12)10-15-9-5-8-13-6-3-2-4-7-13/h2-4,6-7,11,15H,5,8-10H2,1H3,(H,16,17). The molecule has 0 atom stereocenters. The van der Waals surface area contributed by atoms with Gasteiger partial charge in [0.05, 0.1) is 12.0 Å². The number of aryl methyl sites for hydroxylation is 2. The molecule has 2 aromatic rings. The average Bonchev–Trinajstić information content (AvgIpc) is 2.76. The van der Waals surface area contributed by atoms with Crippen molar-refractivity contribution in [3.8, 4) is 0 Å². The molecule has 0 fully saturated rings. The zero-order valence-electron chi connectivity index (χ0n) is 10.2. The van der Waals surface area contributed by atoms with Gasteiger partial charge in [0.25, 0.3) is 0 Å². The highest BCUT2D eigenvalue weighted by atomic mass is 14.9. The third-order valence-electron chi connectivity index (χ3n) is 2.89. The molecule has 1 heterocycles. The van der Waals surface area contributed by atoms with Crippen molar-refractivity contribution in [2.24, 2.45) is 0 Å². The quantitative estimate of drug-likeness (QED) is 0.747. The molecule has 0 radical (unpaired) electrons. The normalized spacial score (nSPS) is 10.6. The van der Waals surface area contributed by atoms with Gasteiger partial charge >= 0.3 is 0 Å². The molecular formula is C14H19N3. The fraction of sp³-hybridized carbons (Fsp3) is 0.357. The van der Waals surface area contributed by atoms with Crippen LogP contribution < -0.4 is 5.32 Å². The third-order valence-corrected chi connectivity index (χ3v) is 2.89. The highest BCUT2D eigenvalue weighted by molar-refractivity contribution is 5.14. The molecule has 0 bridgehead atoms. The molecule has 17 heavy (non-hydrogen) atoms. The molecule has 2 rings (SSSR count). The van der Waals surface area contributed by atoms with E-state index in [2.05, 4.69) is 45.6 Å². The van der Waals surface area contributed by atoms with Gasteiger partial charge in [0, 0.05) is 12.2 Å². The molecule has 0 aliphatic carbocycles. The van der Waals surface area contributed by atoms with E-state index in [4.69, 9.17) is 0 Å².